The molecule has 0 spiro atoms. The fourth-order valence-corrected chi connectivity index (χ4v) is 2.78. The number of hydrogen-bond acceptors (Lipinski definition) is 2. The molecule has 2 rings (SSSR count). The van der Waals surface area contributed by atoms with E-state index < -0.39 is 6.10 Å². The average molecular weight is 251 g/mol. The van der Waals surface area contributed by atoms with Crippen molar-refractivity contribution in [3.8, 4) is 0 Å². The second kappa shape index (κ2) is 5.27. The van der Waals surface area contributed by atoms with Gasteiger partial charge in [-0.1, -0.05) is 13.0 Å². The van der Waals surface area contributed by atoms with Crippen molar-refractivity contribution in [3.05, 3.63) is 29.6 Å². The van der Waals surface area contributed by atoms with Gasteiger partial charge in [-0.2, -0.15) is 0 Å². The first-order chi connectivity index (χ1) is 8.49. The molecule has 1 saturated heterocycles. The Morgan fingerprint density at radius 3 is 2.67 bits per heavy atom. The SMILES string of the molecule is CC1CCN(c2ccc(C(C)O)cc2F)C(C)C1. The first-order valence-corrected chi connectivity index (χ1v) is 6.73. The van der Waals surface area contributed by atoms with Crippen LogP contribution in [0.3, 0.4) is 0 Å². The van der Waals surface area contributed by atoms with E-state index in [1.165, 1.54) is 6.07 Å². The highest BCUT2D eigenvalue weighted by Crippen LogP contribution is 2.30. The molecule has 18 heavy (non-hydrogen) atoms. The molecule has 0 aliphatic carbocycles. The second-order valence-corrected chi connectivity index (χ2v) is 5.56. The molecule has 1 heterocycles. The monoisotopic (exact) mass is 251 g/mol. The Morgan fingerprint density at radius 1 is 1.39 bits per heavy atom. The number of hydrogen-bond donors (Lipinski definition) is 1. The summed E-state index contributed by atoms with van der Waals surface area (Å²) in [4.78, 5) is 2.14. The first-order valence-electron chi connectivity index (χ1n) is 6.73. The summed E-state index contributed by atoms with van der Waals surface area (Å²) in [6.45, 7) is 6.96. The predicted molar refractivity (Wildman–Crippen MR) is 72.2 cm³/mol. The van der Waals surface area contributed by atoms with Crippen molar-refractivity contribution in [2.45, 2.75) is 45.8 Å². The smallest absolute Gasteiger partial charge is 0.146 e. The van der Waals surface area contributed by atoms with Crippen molar-refractivity contribution < 1.29 is 9.50 Å². The minimum atomic E-state index is -0.618. The Balaban J connectivity index is 2.23. The van der Waals surface area contributed by atoms with Crippen LogP contribution in [0, 0.1) is 11.7 Å². The number of halogens is 1. The molecule has 3 unspecified atom stereocenters. The van der Waals surface area contributed by atoms with Gasteiger partial charge in [-0.3, -0.25) is 0 Å². The maximum atomic E-state index is 14.1. The molecule has 3 atom stereocenters. The normalized spacial score (nSPS) is 26.2. The minimum absolute atomic E-state index is 0.227. The summed E-state index contributed by atoms with van der Waals surface area (Å²) < 4.78 is 14.1. The number of aliphatic hydroxyl groups excluding tert-OH is 1. The highest BCUT2D eigenvalue weighted by atomic mass is 19.1. The molecular formula is C15H22FNO. The molecule has 0 aromatic heterocycles. The molecule has 3 heteroatoms. The van der Waals surface area contributed by atoms with Crippen LogP contribution in [-0.2, 0) is 0 Å². The molecule has 1 aromatic carbocycles. The van der Waals surface area contributed by atoms with Gasteiger partial charge >= 0.3 is 0 Å². The predicted octanol–water partition coefficient (Wildman–Crippen LogP) is 3.50. The third kappa shape index (κ3) is 2.66. The van der Waals surface area contributed by atoms with Crippen LogP contribution in [0.15, 0.2) is 18.2 Å². The van der Waals surface area contributed by atoms with Crippen LogP contribution >= 0.6 is 0 Å². The van der Waals surface area contributed by atoms with E-state index in [1.807, 2.05) is 6.07 Å². The number of anilines is 1. The zero-order valence-electron chi connectivity index (χ0n) is 11.4. The molecule has 0 saturated carbocycles. The molecule has 1 aliphatic heterocycles. The van der Waals surface area contributed by atoms with Gasteiger partial charge in [0.1, 0.15) is 5.82 Å². The van der Waals surface area contributed by atoms with Gasteiger partial charge in [0, 0.05) is 12.6 Å². The lowest BCUT2D eigenvalue weighted by Gasteiger charge is -2.38. The van der Waals surface area contributed by atoms with E-state index in [9.17, 15) is 9.50 Å². The molecule has 0 amide bonds. The maximum absolute atomic E-state index is 14.1. The average Bonchev–Trinajstić information content (AvgIpc) is 2.30. The number of piperidine rings is 1. The molecular weight excluding hydrogens is 229 g/mol. The van der Waals surface area contributed by atoms with E-state index in [0.29, 0.717) is 17.3 Å². The standard InChI is InChI=1S/C15H22FNO/c1-10-6-7-17(11(2)8-10)15-5-4-13(12(3)18)9-14(15)16/h4-5,9-12,18H,6-8H2,1-3H3. The lowest BCUT2D eigenvalue weighted by Crippen LogP contribution is -2.40. The van der Waals surface area contributed by atoms with Crippen LogP contribution < -0.4 is 4.90 Å². The largest absolute Gasteiger partial charge is 0.389 e. The van der Waals surface area contributed by atoms with Gasteiger partial charge in [-0.05, 0) is 50.3 Å². The van der Waals surface area contributed by atoms with Crippen LogP contribution in [-0.4, -0.2) is 17.7 Å². The molecule has 2 nitrogen and oxygen atoms in total. The summed E-state index contributed by atoms with van der Waals surface area (Å²) in [5.41, 5.74) is 1.30. The Bertz CT molecular complexity index is 419. The number of aliphatic hydroxyl groups is 1. The van der Waals surface area contributed by atoms with E-state index in [2.05, 4.69) is 18.7 Å². The molecule has 1 aromatic rings. The number of rotatable bonds is 2. The number of benzene rings is 1. The van der Waals surface area contributed by atoms with Crippen molar-refractivity contribution in [1.29, 1.82) is 0 Å². The zero-order valence-corrected chi connectivity index (χ0v) is 11.4. The molecule has 100 valence electrons. The van der Waals surface area contributed by atoms with Crippen molar-refractivity contribution in [1.82, 2.24) is 0 Å². The first kappa shape index (κ1) is 13.3. The highest BCUT2D eigenvalue weighted by molar-refractivity contribution is 5.50. The van der Waals surface area contributed by atoms with E-state index >= 15 is 0 Å². The second-order valence-electron chi connectivity index (χ2n) is 5.56. The molecule has 0 radical (unpaired) electrons. The van der Waals surface area contributed by atoms with Crippen molar-refractivity contribution >= 4 is 5.69 Å². The Hall–Kier alpha value is -1.09. The van der Waals surface area contributed by atoms with Crippen molar-refractivity contribution in [2.24, 2.45) is 5.92 Å². The number of nitrogens with zero attached hydrogens (tertiary/aromatic N) is 1. The fourth-order valence-electron chi connectivity index (χ4n) is 2.78. The highest BCUT2D eigenvalue weighted by Gasteiger charge is 2.25. The van der Waals surface area contributed by atoms with Crippen molar-refractivity contribution in [3.63, 3.8) is 0 Å². The lowest BCUT2D eigenvalue weighted by atomic mass is 9.92. The summed E-state index contributed by atoms with van der Waals surface area (Å²) in [5, 5.41) is 9.46. The summed E-state index contributed by atoms with van der Waals surface area (Å²) >= 11 is 0. The van der Waals surface area contributed by atoms with Crippen LogP contribution in [0.25, 0.3) is 0 Å². The quantitative estimate of drug-likeness (QED) is 0.869. The molecule has 0 bridgehead atoms. The molecule has 1 N–H and O–H groups in total. The summed E-state index contributed by atoms with van der Waals surface area (Å²) in [5.74, 6) is 0.492. The third-order valence-electron chi connectivity index (χ3n) is 3.90. The van der Waals surface area contributed by atoms with Gasteiger partial charge in [-0.25, -0.2) is 4.39 Å². The molecule has 1 fully saturated rings. The summed E-state index contributed by atoms with van der Waals surface area (Å²) in [6.07, 6.45) is 1.60. The topological polar surface area (TPSA) is 23.5 Å². The molecule has 1 aliphatic rings. The van der Waals surface area contributed by atoms with Crippen LogP contribution in [0.4, 0.5) is 10.1 Å². The van der Waals surface area contributed by atoms with Gasteiger partial charge < -0.3 is 10.0 Å². The van der Waals surface area contributed by atoms with E-state index in [0.717, 1.165) is 25.3 Å². The summed E-state index contributed by atoms with van der Waals surface area (Å²) in [6, 6.07) is 5.43. The van der Waals surface area contributed by atoms with Gasteiger partial charge in [0.25, 0.3) is 0 Å². The van der Waals surface area contributed by atoms with Gasteiger partial charge in [0.15, 0.2) is 0 Å². The van der Waals surface area contributed by atoms with E-state index in [-0.39, 0.29) is 5.82 Å². The third-order valence-corrected chi connectivity index (χ3v) is 3.90. The van der Waals surface area contributed by atoms with E-state index in [1.54, 1.807) is 13.0 Å². The Labute approximate surface area is 108 Å². The zero-order chi connectivity index (χ0) is 13.3. The Kier molecular flexibility index (Phi) is 3.91. The van der Waals surface area contributed by atoms with E-state index in [4.69, 9.17) is 0 Å². The minimum Gasteiger partial charge on any atom is -0.389 e. The summed E-state index contributed by atoms with van der Waals surface area (Å²) in [7, 11) is 0. The van der Waals surface area contributed by atoms with Crippen LogP contribution in [0.5, 0.6) is 0 Å². The van der Waals surface area contributed by atoms with Crippen LogP contribution in [0.2, 0.25) is 0 Å². The lowest BCUT2D eigenvalue weighted by molar-refractivity contribution is 0.199. The van der Waals surface area contributed by atoms with Crippen LogP contribution in [0.1, 0.15) is 45.3 Å². The van der Waals surface area contributed by atoms with Crippen molar-refractivity contribution in [2.75, 3.05) is 11.4 Å². The Morgan fingerprint density at radius 2 is 2.11 bits per heavy atom. The van der Waals surface area contributed by atoms with Gasteiger partial charge in [0.05, 0.1) is 11.8 Å². The van der Waals surface area contributed by atoms with Gasteiger partial charge in [0.2, 0.25) is 0 Å². The maximum Gasteiger partial charge on any atom is 0.146 e. The fraction of sp³-hybridized carbons (Fsp3) is 0.600. The van der Waals surface area contributed by atoms with Gasteiger partial charge in [-0.15, -0.1) is 0 Å².